The molecule has 0 aliphatic heterocycles. The van der Waals surface area contributed by atoms with Gasteiger partial charge in [0.25, 0.3) is 0 Å². The Morgan fingerprint density at radius 1 is 0.957 bits per heavy atom. The van der Waals surface area contributed by atoms with Crippen LogP contribution in [-0.2, 0) is 0 Å². The van der Waals surface area contributed by atoms with E-state index in [9.17, 15) is 0 Å². The smallest absolute Gasteiger partial charge is 0.249 e. The van der Waals surface area contributed by atoms with E-state index >= 15 is 0 Å². The highest BCUT2D eigenvalue weighted by Gasteiger charge is 2.04. The first kappa shape index (κ1) is 15.5. The second-order valence-electron chi connectivity index (χ2n) is 4.89. The molecule has 0 amide bonds. The molecule has 116 valence electrons. The zero-order valence-electron chi connectivity index (χ0n) is 12.2. The van der Waals surface area contributed by atoms with Gasteiger partial charge < -0.3 is 10.6 Å². The van der Waals surface area contributed by atoms with Gasteiger partial charge in [-0.1, -0.05) is 35.3 Å². The molecule has 0 fully saturated rings. The van der Waals surface area contributed by atoms with E-state index in [2.05, 4.69) is 25.8 Å². The van der Waals surface area contributed by atoms with Crippen LogP contribution in [-0.4, -0.2) is 15.2 Å². The Morgan fingerprint density at radius 3 is 2.57 bits per heavy atom. The third-order valence-corrected chi connectivity index (χ3v) is 3.73. The van der Waals surface area contributed by atoms with E-state index in [0.29, 0.717) is 21.8 Å². The van der Waals surface area contributed by atoms with Crippen LogP contribution in [0.25, 0.3) is 0 Å². The largest absolute Gasteiger partial charge is 0.339 e. The van der Waals surface area contributed by atoms with Crippen LogP contribution in [0.2, 0.25) is 10.0 Å². The Morgan fingerprint density at radius 2 is 1.78 bits per heavy atom. The summed E-state index contributed by atoms with van der Waals surface area (Å²) in [7, 11) is 0. The predicted molar refractivity (Wildman–Crippen MR) is 94.0 cm³/mol. The van der Waals surface area contributed by atoms with Crippen molar-refractivity contribution in [3.05, 3.63) is 64.3 Å². The third kappa shape index (κ3) is 4.09. The van der Waals surface area contributed by atoms with Gasteiger partial charge in [0, 0.05) is 21.4 Å². The second kappa shape index (κ2) is 6.81. The molecule has 2 aromatic carbocycles. The fourth-order valence-electron chi connectivity index (χ4n) is 1.93. The maximum Gasteiger partial charge on any atom is 0.249 e. The number of hydrogen-bond acceptors (Lipinski definition) is 5. The van der Waals surface area contributed by atoms with Gasteiger partial charge in [0.1, 0.15) is 0 Å². The lowest BCUT2D eigenvalue weighted by Crippen LogP contribution is -2.02. The summed E-state index contributed by atoms with van der Waals surface area (Å²) in [6.07, 6.45) is 1.54. The first-order valence-electron chi connectivity index (χ1n) is 6.86. The van der Waals surface area contributed by atoms with Crippen molar-refractivity contribution < 1.29 is 0 Å². The average Bonchev–Trinajstić information content (AvgIpc) is 2.51. The van der Waals surface area contributed by atoms with Gasteiger partial charge in [0.05, 0.1) is 6.20 Å². The van der Waals surface area contributed by atoms with Gasteiger partial charge >= 0.3 is 0 Å². The maximum absolute atomic E-state index is 6.11. The number of aromatic nitrogens is 3. The van der Waals surface area contributed by atoms with Crippen LogP contribution in [0.1, 0.15) is 5.56 Å². The van der Waals surface area contributed by atoms with Gasteiger partial charge in [0.15, 0.2) is 5.82 Å². The van der Waals surface area contributed by atoms with Crippen LogP contribution in [0.15, 0.2) is 48.7 Å². The summed E-state index contributed by atoms with van der Waals surface area (Å²) in [5, 5.41) is 15.4. The number of hydrogen-bond donors (Lipinski definition) is 2. The summed E-state index contributed by atoms with van der Waals surface area (Å²) in [4.78, 5) is 4.36. The van der Waals surface area contributed by atoms with E-state index in [4.69, 9.17) is 23.2 Å². The number of benzene rings is 2. The van der Waals surface area contributed by atoms with Crippen LogP contribution in [0, 0.1) is 6.92 Å². The number of nitrogens with zero attached hydrogens (tertiary/aromatic N) is 3. The Labute approximate surface area is 143 Å². The van der Waals surface area contributed by atoms with Crippen LogP contribution in [0.3, 0.4) is 0 Å². The van der Waals surface area contributed by atoms with E-state index in [1.54, 1.807) is 12.1 Å². The molecule has 0 aliphatic carbocycles. The molecule has 3 aromatic rings. The number of nitrogens with one attached hydrogen (secondary N) is 2. The van der Waals surface area contributed by atoms with Crippen molar-refractivity contribution in [1.29, 1.82) is 0 Å². The molecule has 0 unspecified atom stereocenters. The molecule has 1 heterocycles. The highest BCUT2D eigenvalue weighted by Crippen LogP contribution is 2.23. The minimum absolute atomic E-state index is 0.372. The minimum Gasteiger partial charge on any atom is -0.339 e. The molecule has 0 atom stereocenters. The molecule has 3 rings (SSSR count). The minimum atomic E-state index is 0.372. The molecular formula is C16H13Cl2N5. The van der Waals surface area contributed by atoms with E-state index in [1.165, 1.54) is 6.20 Å². The van der Waals surface area contributed by atoms with Crippen molar-refractivity contribution in [2.24, 2.45) is 0 Å². The topological polar surface area (TPSA) is 62.7 Å². The highest BCUT2D eigenvalue weighted by atomic mass is 35.5. The van der Waals surface area contributed by atoms with Crippen molar-refractivity contribution in [2.45, 2.75) is 6.92 Å². The van der Waals surface area contributed by atoms with Gasteiger partial charge in [-0.25, -0.2) is 0 Å². The lowest BCUT2D eigenvalue weighted by atomic mass is 10.2. The monoisotopic (exact) mass is 345 g/mol. The van der Waals surface area contributed by atoms with Crippen molar-refractivity contribution >= 4 is 46.3 Å². The van der Waals surface area contributed by atoms with E-state index < -0.39 is 0 Å². The fourth-order valence-corrected chi connectivity index (χ4v) is 2.30. The zero-order chi connectivity index (χ0) is 16.2. The predicted octanol–water partition coefficient (Wildman–Crippen LogP) is 4.97. The quantitative estimate of drug-likeness (QED) is 0.698. The Hall–Kier alpha value is -2.37. The molecule has 5 nitrogen and oxygen atoms in total. The summed E-state index contributed by atoms with van der Waals surface area (Å²) in [6, 6.07) is 13.0. The zero-order valence-corrected chi connectivity index (χ0v) is 13.7. The Bertz CT molecular complexity index is 838. The maximum atomic E-state index is 6.11. The van der Waals surface area contributed by atoms with E-state index in [1.807, 2.05) is 37.3 Å². The van der Waals surface area contributed by atoms with Gasteiger partial charge in [-0.05, 0) is 42.8 Å². The Balaban J connectivity index is 1.78. The van der Waals surface area contributed by atoms with Crippen molar-refractivity contribution in [1.82, 2.24) is 15.2 Å². The molecular weight excluding hydrogens is 333 g/mol. The molecule has 0 aliphatic rings. The lowest BCUT2D eigenvalue weighted by Gasteiger charge is -2.08. The molecule has 23 heavy (non-hydrogen) atoms. The normalized spacial score (nSPS) is 10.4. The summed E-state index contributed by atoms with van der Waals surface area (Å²) >= 11 is 12.1. The van der Waals surface area contributed by atoms with Gasteiger partial charge in [-0.15, -0.1) is 5.10 Å². The van der Waals surface area contributed by atoms with Crippen LogP contribution < -0.4 is 10.6 Å². The molecule has 0 saturated heterocycles. The molecule has 0 spiro atoms. The average molecular weight is 346 g/mol. The van der Waals surface area contributed by atoms with Crippen molar-refractivity contribution in [2.75, 3.05) is 10.6 Å². The summed E-state index contributed by atoms with van der Waals surface area (Å²) in [5.41, 5.74) is 2.62. The third-order valence-electron chi connectivity index (χ3n) is 3.08. The van der Waals surface area contributed by atoms with Crippen LogP contribution in [0.5, 0.6) is 0 Å². The van der Waals surface area contributed by atoms with Gasteiger partial charge in [0.2, 0.25) is 5.95 Å². The lowest BCUT2D eigenvalue weighted by molar-refractivity contribution is 0.982. The van der Waals surface area contributed by atoms with E-state index in [0.717, 1.165) is 16.9 Å². The first-order valence-corrected chi connectivity index (χ1v) is 7.61. The Kier molecular flexibility index (Phi) is 4.60. The van der Waals surface area contributed by atoms with Crippen molar-refractivity contribution in [3.63, 3.8) is 0 Å². The number of halogens is 2. The SMILES string of the molecule is Cc1ccc(Nc2nncc(Nc3cccc(Cl)c3)n2)cc1Cl. The molecule has 0 radical (unpaired) electrons. The molecule has 0 saturated carbocycles. The molecule has 7 heteroatoms. The van der Waals surface area contributed by atoms with Crippen LogP contribution >= 0.6 is 23.2 Å². The van der Waals surface area contributed by atoms with E-state index in [-0.39, 0.29) is 0 Å². The standard InChI is InChI=1S/C16H13Cl2N5/c1-10-5-6-13(8-14(10)18)21-16-22-15(9-19-23-16)20-12-4-2-3-11(17)7-12/h2-9H,1H3,(H2,20,21,22,23). The fraction of sp³-hybridized carbons (Fsp3) is 0.0625. The number of anilines is 4. The summed E-state index contributed by atoms with van der Waals surface area (Å²) in [5.74, 6) is 0.930. The van der Waals surface area contributed by atoms with Crippen molar-refractivity contribution in [3.8, 4) is 0 Å². The summed E-state index contributed by atoms with van der Waals surface area (Å²) < 4.78 is 0. The molecule has 2 N–H and O–H groups in total. The first-order chi connectivity index (χ1) is 11.1. The molecule has 1 aromatic heterocycles. The van der Waals surface area contributed by atoms with Crippen LogP contribution in [0.4, 0.5) is 23.1 Å². The number of aryl methyl sites for hydroxylation is 1. The second-order valence-corrected chi connectivity index (χ2v) is 5.73. The van der Waals surface area contributed by atoms with Gasteiger partial charge in [-0.3, -0.25) is 0 Å². The summed E-state index contributed by atoms with van der Waals surface area (Å²) in [6.45, 7) is 1.94. The van der Waals surface area contributed by atoms with Gasteiger partial charge in [-0.2, -0.15) is 10.1 Å². The number of rotatable bonds is 4. The highest BCUT2D eigenvalue weighted by molar-refractivity contribution is 6.31. The molecule has 0 bridgehead atoms.